The minimum Gasteiger partial charge on any atom is -0.271 e. The number of hydrazine groups is 1. The lowest BCUT2D eigenvalue weighted by Gasteiger charge is -2.11. The minimum atomic E-state index is -0.653. The second-order valence-electron chi connectivity index (χ2n) is 1.36. The first-order valence-electron chi connectivity index (χ1n) is 2.67. The molecule has 6 heteroatoms. The van der Waals surface area contributed by atoms with Gasteiger partial charge in [0.25, 0.3) is 0 Å². The molecule has 0 saturated carbocycles. The summed E-state index contributed by atoms with van der Waals surface area (Å²) in [5, 5.41) is 0. The average Bonchev–Trinajstić information content (AvgIpc) is 1.90. The summed E-state index contributed by atoms with van der Waals surface area (Å²) in [6.07, 6.45) is -0.653. The maximum atomic E-state index is 4.97. The Morgan fingerprint density at radius 2 is 1.80 bits per heavy atom. The van der Waals surface area contributed by atoms with Crippen LogP contribution in [0.1, 0.15) is 0 Å². The Hall–Kier alpha value is -0.240. The van der Waals surface area contributed by atoms with Gasteiger partial charge < -0.3 is 0 Å². The van der Waals surface area contributed by atoms with Crippen molar-refractivity contribution in [1.82, 2.24) is 5.43 Å². The first kappa shape index (κ1) is 9.76. The molecule has 3 N–H and O–H groups in total. The monoisotopic (exact) mass is 152 g/mol. The SMILES string of the molecule is COOC(CNN)OOC. The topological polar surface area (TPSA) is 75.0 Å². The predicted molar refractivity (Wildman–Crippen MR) is 32.2 cm³/mol. The van der Waals surface area contributed by atoms with Gasteiger partial charge in [-0.15, -0.1) is 0 Å². The fourth-order valence-corrected chi connectivity index (χ4v) is 0.395. The van der Waals surface area contributed by atoms with Crippen LogP contribution >= 0.6 is 0 Å². The molecule has 0 aliphatic heterocycles. The molecule has 0 fully saturated rings. The molecule has 0 aromatic carbocycles. The molecule has 10 heavy (non-hydrogen) atoms. The fraction of sp³-hybridized carbons (Fsp3) is 1.00. The summed E-state index contributed by atoms with van der Waals surface area (Å²) in [5.74, 6) is 4.97. The molecule has 0 aliphatic carbocycles. The zero-order valence-electron chi connectivity index (χ0n) is 5.99. The van der Waals surface area contributed by atoms with E-state index in [1.165, 1.54) is 14.2 Å². The zero-order chi connectivity index (χ0) is 7.82. The Balaban J connectivity index is 3.30. The third kappa shape index (κ3) is 4.62. The van der Waals surface area contributed by atoms with E-state index in [4.69, 9.17) is 5.84 Å². The van der Waals surface area contributed by atoms with Crippen LogP contribution in [0.15, 0.2) is 0 Å². The number of nitrogens with one attached hydrogen (secondary N) is 1. The summed E-state index contributed by atoms with van der Waals surface area (Å²) in [4.78, 5) is 17.7. The molecule has 0 saturated heterocycles. The van der Waals surface area contributed by atoms with Crippen molar-refractivity contribution in [3.63, 3.8) is 0 Å². The van der Waals surface area contributed by atoms with E-state index in [0.717, 1.165) is 0 Å². The van der Waals surface area contributed by atoms with E-state index in [9.17, 15) is 0 Å². The quantitative estimate of drug-likeness (QED) is 0.218. The third-order valence-electron chi connectivity index (χ3n) is 0.692. The summed E-state index contributed by atoms with van der Waals surface area (Å²) in [5.41, 5.74) is 2.33. The summed E-state index contributed by atoms with van der Waals surface area (Å²) in [7, 11) is 2.73. The van der Waals surface area contributed by atoms with Crippen molar-refractivity contribution in [1.29, 1.82) is 0 Å². The Morgan fingerprint density at radius 3 is 2.10 bits per heavy atom. The van der Waals surface area contributed by atoms with Crippen molar-refractivity contribution in [2.75, 3.05) is 20.8 Å². The van der Waals surface area contributed by atoms with Gasteiger partial charge >= 0.3 is 0 Å². The Bertz CT molecular complexity index is 58.0. The second-order valence-corrected chi connectivity index (χ2v) is 1.36. The van der Waals surface area contributed by atoms with E-state index >= 15 is 0 Å². The van der Waals surface area contributed by atoms with E-state index in [1.807, 2.05) is 0 Å². The van der Waals surface area contributed by atoms with E-state index in [1.54, 1.807) is 0 Å². The lowest BCUT2D eigenvalue weighted by molar-refractivity contribution is -0.445. The number of rotatable bonds is 6. The molecule has 62 valence electrons. The molecule has 0 radical (unpaired) electrons. The van der Waals surface area contributed by atoms with Crippen LogP contribution in [-0.4, -0.2) is 27.1 Å². The normalized spacial score (nSPS) is 10.8. The molecule has 0 aliphatic rings. The highest BCUT2D eigenvalue weighted by atomic mass is 17.3. The van der Waals surface area contributed by atoms with Crippen molar-refractivity contribution in [3.8, 4) is 0 Å². The predicted octanol–water partition coefficient (Wildman–Crippen LogP) is -1.07. The molecular formula is C4H12N2O4. The van der Waals surface area contributed by atoms with Gasteiger partial charge in [0.2, 0.25) is 6.29 Å². The Labute approximate surface area is 59.0 Å². The molecular weight excluding hydrogens is 140 g/mol. The van der Waals surface area contributed by atoms with Crippen molar-refractivity contribution >= 4 is 0 Å². The lowest BCUT2D eigenvalue weighted by atomic mass is 10.7. The van der Waals surface area contributed by atoms with Gasteiger partial charge in [0.1, 0.15) is 0 Å². The molecule has 6 nitrogen and oxygen atoms in total. The maximum Gasteiger partial charge on any atom is 0.237 e. The molecule has 0 aromatic rings. The fourth-order valence-electron chi connectivity index (χ4n) is 0.395. The summed E-state index contributed by atoms with van der Waals surface area (Å²) < 4.78 is 0. The van der Waals surface area contributed by atoms with Crippen molar-refractivity contribution in [2.45, 2.75) is 6.29 Å². The van der Waals surface area contributed by atoms with Crippen LogP contribution in [0.5, 0.6) is 0 Å². The van der Waals surface area contributed by atoms with Gasteiger partial charge in [0, 0.05) is 0 Å². The highest BCUT2D eigenvalue weighted by Crippen LogP contribution is 1.92. The van der Waals surface area contributed by atoms with E-state index in [-0.39, 0.29) is 6.54 Å². The molecule has 0 aromatic heterocycles. The Morgan fingerprint density at radius 1 is 1.30 bits per heavy atom. The van der Waals surface area contributed by atoms with Crippen molar-refractivity contribution in [2.24, 2.45) is 5.84 Å². The number of hydrogen-bond acceptors (Lipinski definition) is 6. The lowest BCUT2D eigenvalue weighted by Crippen LogP contribution is -2.35. The second kappa shape index (κ2) is 6.87. The maximum absolute atomic E-state index is 4.97. The highest BCUT2D eigenvalue weighted by molar-refractivity contribution is 4.38. The van der Waals surface area contributed by atoms with Gasteiger partial charge in [0.15, 0.2) is 0 Å². The van der Waals surface area contributed by atoms with Gasteiger partial charge in [-0.1, -0.05) is 0 Å². The van der Waals surface area contributed by atoms with Crippen molar-refractivity contribution in [3.05, 3.63) is 0 Å². The van der Waals surface area contributed by atoms with Crippen LogP contribution < -0.4 is 11.3 Å². The summed E-state index contributed by atoms with van der Waals surface area (Å²) in [6, 6.07) is 0. The van der Waals surface area contributed by atoms with Crippen LogP contribution in [0.4, 0.5) is 0 Å². The largest absolute Gasteiger partial charge is 0.271 e. The van der Waals surface area contributed by atoms with Crippen LogP contribution in [0.25, 0.3) is 0 Å². The Kier molecular flexibility index (Phi) is 6.71. The van der Waals surface area contributed by atoms with Crippen molar-refractivity contribution < 1.29 is 19.6 Å². The van der Waals surface area contributed by atoms with Crippen LogP contribution in [-0.2, 0) is 19.6 Å². The van der Waals surface area contributed by atoms with Gasteiger partial charge in [-0.05, 0) is 0 Å². The molecule has 0 amide bonds. The molecule has 0 unspecified atom stereocenters. The van der Waals surface area contributed by atoms with Gasteiger partial charge in [-0.3, -0.25) is 11.3 Å². The summed E-state index contributed by atoms with van der Waals surface area (Å²) >= 11 is 0. The molecule has 0 bridgehead atoms. The smallest absolute Gasteiger partial charge is 0.237 e. The standard InChI is InChI=1S/C4H12N2O4/c1-7-9-4(3-6-5)10-8-2/h4,6H,3,5H2,1-2H3. The molecule has 0 atom stereocenters. The molecule has 0 heterocycles. The van der Waals surface area contributed by atoms with E-state index < -0.39 is 6.29 Å². The average molecular weight is 152 g/mol. The first-order valence-corrected chi connectivity index (χ1v) is 2.67. The van der Waals surface area contributed by atoms with Crippen LogP contribution in [0, 0.1) is 0 Å². The number of hydrogen-bond donors (Lipinski definition) is 2. The third-order valence-corrected chi connectivity index (χ3v) is 0.692. The highest BCUT2D eigenvalue weighted by Gasteiger charge is 2.08. The summed E-state index contributed by atoms with van der Waals surface area (Å²) in [6.45, 7) is 0.279. The van der Waals surface area contributed by atoms with Gasteiger partial charge in [-0.25, -0.2) is 19.6 Å². The van der Waals surface area contributed by atoms with Crippen LogP contribution in [0.2, 0.25) is 0 Å². The molecule has 0 spiro atoms. The van der Waals surface area contributed by atoms with E-state index in [2.05, 4.69) is 25.0 Å². The first-order chi connectivity index (χ1) is 4.85. The number of nitrogens with two attached hydrogens (primary N) is 1. The van der Waals surface area contributed by atoms with Gasteiger partial charge in [-0.2, -0.15) is 0 Å². The minimum absolute atomic E-state index is 0.279. The van der Waals surface area contributed by atoms with Crippen LogP contribution in [0.3, 0.4) is 0 Å². The van der Waals surface area contributed by atoms with E-state index in [0.29, 0.717) is 0 Å². The molecule has 0 rings (SSSR count). The zero-order valence-corrected chi connectivity index (χ0v) is 5.99. The van der Waals surface area contributed by atoms with Gasteiger partial charge in [0.05, 0.1) is 20.8 Å².